The van der Waals surface area contributed by atoms with Gasteiger partial charge in [-0.25, -0.2) is 12.7 Å². The Hall–Kier alpha value is -1.87. The number of nitrogens with zero attached hydrogens (tertiary/aromatic N) is 1. The number of esters is 1. The van der Waals surface area contributed by atoms with Crippen LogP contribution in [0, 0.1) is 23.2 Å². The smallest absolute Gasteiger partial charge is 0.325 e. The van der Waals surface area contributed by atoms with Gasteiger partial charge in [-0.15, -0.1) is 0 Å². The van der Waals surface area contributed by atoms with Crippen molar-refractivity contribution < 1.29 is 27.2 Å². The average molecular weight is 439 g/mol. The molecule has 4 fully saturated rings. The first-order chi connectivity index (χ1) is 14.1. The third-order valence-corrected chi connectivity index (χ3v) is 8.57. The highest BCUT2D eigenvalue weighted by molar-refractivity contribution is 7.88. The molecule has 1 amide bonds. The molecule has 1 aromatic heterocycles. The minimum absolute atomic E-state index is 0.0914. The van der Waals surface area contributed by atoms with Gasteiger partial charge < -0.3 is 14.5 Å². The molecule has 0 aromatic carbocycles. The maximum Gasteiger partial charge on any atom is 0.325 e. The van der Waals surface area contributed by atoms with Gasteiger partial charge in [-0.05, 0) is 73.8 Å². The van der Waals surface area contributed by atoms with E-state index >= 15 is 0 Å². The summed E-state index contributed by atoms with van der Waals surface area (Å²) in [4.78, 5) is 24.5. The summed E-state index contributed by atoms with van der Waals surface area (Å²) < 4.78 is 35.4. The summed E-state index contributed by atoms with van der Waals surface area (Å²) in [6, 6.07) is 2.78. The quantitative estimate of drug-likeness (QED) is 0.624. The number of amides is 1. The summed E-state index contributed by atoms with van der Waals surface area (Å²) in [5, 5.41) is 2.49. The molecule has 4 saturated carbocycles. The van der Waals surface area contributed by atoms with E-state index < -0.39 is 16.0 Å². The summed E-state index contributed by atoms with van der Waals surface area (Å²) in [7, 11) is -0.857. The number of ether oxygens (including phenoxy) is 1. The van der Waals surface area contributed by atoms with Crippen LogP contribution in [0.3, 0.4) is 0 Å². The monoisotopic (exact) mass is 438 g/mol. The third-order valence-electron chi connectivity index (χ3n) is 6.88. The van der Waals surface area contributed by atoms with Gasteiger partial charge in [0, 0.05) is 20.5 Å². The lowest BCUT2D eigenvalue weighted by Crippen LogP contribution is -2.48. The Morgan fingerprint density at radius 3 is 2.30 bits per heavy atom. The largest absolute Gasteiger partial charge is 0.456 e. The number of nitrogens with one attached hydrogen (secondary N) is 1. The maximum atomic E-state index is 12.5. The highest BCUT2D eigenvalue weighted by Gasteiger charge is 2.51. The molecule has 166 valence electrons. The van der Waals surface area contributed by atoms with Gasteiger partial charge in [-0.3, -0.25) is 9.59 Å². The lowest BCUT2D eigenvalue weighted by atomic mass is 9.49. The molecule has 0 atom stereocenters. The number of sulfonamides is 1. The average Bonchev–Trinajstić information content (AvgIpc) is 3.13. The second kappa shape index (κ2) is 8.00. The number of carbonyl (C=O) groups excluding carboxylic acids is 2. The molecular weight excluding hydrogens is 408 g/mol. The van der Waals surface area contributed by atoms with Gasteiger partial charge in [0.1, 0.15) is 18.9 Å². The van der Waals surface area contributed by atoms with Crippen LogP contribution in [0.5, 0.6) is 0 Å². The first kappa shape index (κ1) is 21.4. The van der Waals surface area contributed by atoms with E-state index in [-0.39, 0.29) is 35.3 Å². The van der Waals surface area contributed by atoms with E-state index in [2.05, 4.69) is 5.32 Å². The molecule has 0 spiro atoms. The van der Waals surface area contributed by atoms with Gasteiger partial charge in [0.25, 0.3) is 10.0 Å². The molecule has 1 N–H and O–H groups in total. The first-order valence-electron chi connectivity index (χ1n) is 10.6. The van der Waals surface area contributed by atoms with E-state index in [9.17, 15) is 18.0 Å². The number of carbonyl (C=O) groups is 2. The Bertz CT molecular complexity index is 884. The van der Waals surface area contributed by atoms with Crippen molar-refractivity contribution in [3.63, 3.8) is 0 Å². The molecule has 4 aliphatic rings. The second-order valence-electron chi connectivity index (χ2n) is 9.54. The van der Waals surface area contributed by atoms with Crippen molar-refractivity contribution in [2.24, 2.45) is 23.2 Å². The lowest BCUT2D eigenvalue weighted by molar-refractivity contribution is -0.146. The van der Waals surface area contributed by atoms with Crippen LogP contribution in [0.15, 0.2) is 21.6 Å². The van der Waals surface area contributed by atoms with E-state index in [0.717, 1.165) is 41.3 Å². The van der Waals surface area contributed by atoms with Crippen LogP contribution in [0.25, 0.3) is 0 Å². The number of hydrogen-bond donors (Lipinski definition) is 1. The molecule has 9 heteroatoms. The Morgan fingerprint density at radius 2 is 1.73 bits per heavy atom. The molecule has 8 nitrogen and oxygen atoms in total. The van der Waals surface area contributed by atoms with Gasteiger partial charge in [0.15, 0.2) is 0 Å². The van der Waals surface area contributed by atoms with E-state index in [1.165, 1.54) is 45.5 Å². The molecule has 0 unspecified atom stereocenters. The van der Waals surface area contributed by atoms with Crippen LogP contribution in [-0.4, -0.2) is 45.2 Å². The van der Waals surface area contributed by atoms with E-state index in [4.69, 9.17) is 9.15 Å². The fraction of sp³-hybridized carbons (Fsp3) is 0.714. The molecule has 4 aliphatic carbocycles. The summed E-state index contributed by atoms with van der Waals surface area (Å²) in [5.41, 5.74) is 0.130. The number of furan rings is 1. The molecule has 5 rings (SSSR count). The zero-order valence-corrected chi connectivity index (χ0v) is 18.4. The Labute approximate surface area is 177 Å². The summed E-state index contributed by atoms with van der Waals surface area (Å²) in [5.74, 6) is 1.90. The predicted molar refractivity (Wildman–Crippen MR) is 108 cm³/mol. The van der Waals surface area contributed by atoms with E-state index in [0.29, 0.717) is 6.42 Å². The van der Waals surface area contributed by atoms with Crippen LogP contribution >= 0.6 is 0 Å². The molecule has 4 bridgehead atoms. The summed E-state index contributed by atoms with van der Waals surface area (Å²) in [6.45, 7) is -0.388. The number of hydrogen-bond acceptors (Lipinski definition) is 6. The Morgan fingerprint density at radius 1 is 1.13 bits per heavy atom. The zero-order chi connectivity index (χ0) is 21.5. The van der Waals surface area contributed by atoms with Crippen LogP contribution in [0.4, 0.5) is 0 Å². The fourth-order valence-corrected chi connectivity index (χ4v) is 6.85. The van der Waals surface area contributed by atoms with Crippen molar-refractivity contribution in [3.8, 4) is 0 Å². The molecule has 0 radical (unpaired) electrons. The van der Waals surface area contributed by atoms with Crippen molar-refractivity contribution >= 4 is 21.9 Å². The SMILES string of the molecule is CN(C)S(=O)(=O)c1ccc(COC(=O)CNC(=O)CC23CC4CC(CC(C4)C2)C3)o1. The van der Waals surface area contributed by atoms with Crippen molar-refractivity contribution in [2.75, 3.05) is 20.6 Å². The Kier molecular flexibility index (Phi) is 5.69. The standard InChI is InChI=1S/C21H30N2O6S/c1-23(2)30(26,27)20-4-3-17(29-20)13-28-19(25)12-22-18(24)11-21-8-14-5-15(9-21)7-16(6-14)10-21/h3-4,14-16H,5-13H2,1-2H3,(H,22,24). The molecule has 1 heterocycles. The summed E-state index contributed by atoms with van der Waals surface area (Å²) >= 11 is 0. The molecule has 1 aromatic rings. The van der Waals surface area contributed by atoms with Gasteiger partial charge in [-0.1, -0.05) is 0 Å². The van der Waals surface area contributed by atoms with Crippen molar-refractivity contribution in [1.82, 2.24) is 9.62 Å². The molecule has 0 aliphatic heterocycles. The van der Waals surface area contributed by atoms with Crippen LogP contribution in [0.2, 0.25) is 0 Å². The summed E-state index contributed by atoms with van der Waals surface area (Å²) in [6.07, 6.45) is 7.93. The van der Waals surface area contributed by atoms with Crippen molar-refractivity contribution in [1.29, 1.82) is 0 Å². The van der Waals surface area contributed by atoms with Gasteiger partial charge in [0.2, 0.25) is 11.0 Å². The molecule has 30 heavy (non-hydrogen) atoms. The lowest BCUT2D eigenvalue weighted by Gasteiger charge is -2.56. The second-order valence-corrected chi connectivity index (χ2v) is 11.6. The van der Waals surface area contributed by atoms with Crippen LogP contribution < -0.4 is 5.32 Å². The van der Waals surface area contributed by atoms with Gasteiger partial charge >= 0.3 is 5.97 Å². The van der Waals surface area contributed by atoms with Crippen molar-refractivity contribution in [3.05, 3.63) is 17.9 Å². The minimum atomic E-state index is -3.67. The topological polar surface area (TPSA) is 106 Å². The normalized spacial score (nSPS) is 29.9. The van der Waals surface area contributed by atoms with E-state index in [1.54, 1.807) is 0 Å². The third kappa shape index (κ3) is 4.42. The zero-order valence-electron chi connectivity index (χ0n) is 17.6. The highest BCUT2D eigenvalue weighted by atomic mass is 32.2. The maximum absolute atomic E-state index is 12.5. The number of rotatable bonds is 8. The fourth-order valence-electron chi connectivity index (χ4n) is 6.04. The van der Waals surface area contributed by atoms with Crippen LogP contribution in [-0.2, 0) is 31.0 Å². The van der Waals surface area contributed by atoms with Crippen molar-refractivity contribution in [2.45, 2.75) is 56.6 Å². The minimum Gasteiger partial charge on any atom is -0.456 e. The molecule has 0 saturated heterocycles. The highest BCUT2D eigenvalue weighted by Crippen LogP contribution is 2.61. The van der Waals surface area contributed by atoms with Crippen LogP contribution in [0.1, 0.15) is 50.7 Å². The predicted octanol–water partition coefficient (Wildman–Crippen LogP) is 2.30. The van der Waals surface area contributed by atoms with E-state index in [1.807, 2.05) is 0 Å². The Balaban J connectivity index is 1.22. The first-order valence-corrected chi connectivity index (χ1v) is 12.0. The van der Waals surface area contributed by atoms with Gasteiger partial charge in [-0.2, -0.15) is 0 Å². The van der Waals surface area contributed by atoms with Gasteiger partial charge in [0.05, 0.1) is 0 Å². The molecular formula is C21H30N2O6S.